The molecule has 2 nitrogen and oxygen atoms in total. The molecule has 0 saturated heterocycles. The van der Waals surface area contributed by atoms with Crippen molar-refractivity contribution in [2.45, 2.75) is 53.1 Å². The van der Waals surface area contributed by atoms with E-state index in [4.69, 9.17) is 11.6 Å². The Labute approximate surface area is 134 Å². The minimum Gasteiger partial charge on any atom is -0.371 e. The first-order valence-corrected chi connectivity index (χ1v) is 8.61. The molecule has 1 fully saturated rings. The zero-order valence-electron chi connectivity index (χ0n) is 13.8. The van der Waals surface area contributed by atoms with Gasteiger partial charge in [-0.1, -0.05) is 45.4 Å². The minimum absolute atomic E-state index is 0.645. The predicted octanol–water partition coefficient (Wildman–Crippen LogP) is 4.71. The van der Waals surface area contributed by atoms with Crippen LogP contribution in [-0.2, 0) is 6.54 Å². The van der Waals surface area contributed by atoms with Gasteiger partial charge in [-0.2, -0.15) is 0 Å². The fraction of sp³-hybridized carbons (Fsp3) is 0.667. The van der Waals surface area contributed by atoms with E-state index in [0.29, 0.717) is 17.9 Å². The molecule has 1 N–H and O–H groups in total. The van der Waals surface area contributed by atoms with E-state index in [1.165, 1.54) is 24.1 Å². The second-order valence-corrected chi connectivity index (χ2v) is 7.49. The average Bonchev–Trinajstić information content (AvgIpc) is 3.19. The van der Waals surface area contributed by atoms with Crippen molar-refractivity contribution in [3.05, 3.63) is 28.8 Å². The highest BCUT2D eigenvalue weighted by atomic mass is 35.5. The molecule has 2 rings (SSSR count). The molecule has 0 unspecified atom stereocenters. The minimum atomic E-state index is 0.645. The SMILES string of the molecule is CC(C)CN(CC(C)C)c1cccc(Cl)c1CNC1CC1. The van der Waals surface area contributed by atoms with Gasteiger partial charge in [0.25, 0.3) is 0 Å². The Morgan fingerprint density at radius 2 is 1.76 bits per heavy atom. The lowest BCUT2D eigenvalue weighted by molar-refractivity contribution is 0.550. The summed E-state index contributed by atoms with van der Waals surface area (Å²) >= 11 is 6.48. The lowest BCUT2D eigenvalue weighted by Gasteiger charge is -2.31. The van der Waals surface area contributed by atoms with Crippen molar-refractivity contribution in [2.75, 3.05) is 18.0 Å². The third-order valence-electron chi connectivity index (χ3n) is 3.75. The lowest BCUT2D eigenvalue weighted by atomic mass is 10.1. The maximum Gasteiger partial charge on any atom is 0.0471 e. The van der Waals surface area contributed by atoms with Crippen LogP contribution < -0.4 is 10.2 Å². The summed E-state index contributed by atoms with van der Waals surface area (Å²) in [6, 6.07) is 7.02. The van der Waals surface area contributed by atoms with Crippen molar-refractivity contribution < 1.29 is 0 Å². The quantitative estimate of drug-likeness (QED) is 0.748. The monoisotopic (exact) mass is 308 g/mol. The fourth-order valence-corrected chi connectivity index (χ4v) is 2.94. The van der Waals surface area contributed by atoms with Crippen LogP contribution in [0.2, 0.25) is 5.02 Å². The summed E-state index contributed by atoms with van der Waals surface area (Å²) in [4.78, 5) is 2.51. The molecule has 1 aromatic carbocycles. The Bertz CT molecular complexity index is 443. The van der Waals surface area contributed by atoms with E-state index in [1.54, 1.807) is 0 Å². The van der Waals surface area contributed by atoms with E-state index >= 15 is 0 Å². The topological polar surface area (TPSA) is 15.3 Å². The Balaban J connectivity index is 2.21. The number of nitrogens with zero attached hydrogens (tertiary/aromatic N) is 1. The first-order chi connectivity index (χ1) is 9.97. The number of anilines is 1. The molecule has 0 aliphatic heterocycles. The highest BCUT2D eigenvalue weighted by Gasteiger charge is 2.22. The van der Waals surface area contributed by atoms with Crippen LogP contribution in [0.4, 0.5) is 5.69 Å². The number of rotatable bonds is 8. The molecule has 1 aromatic rings. The van der Waals surface area contributed by atoms with Gasteiger partial charge in [0, 0.05) is 41.9 Å². The van der Waals surface area contributed by atoms with Crippen molar-refractivity contribution >= 4 is 17.3 Å². The van der Waals surface area contributed by atoms with Gasteiger partial charge in [-0.05, 0) is 36.8 Å². The summed E-state index contributed by atoms with van der Waals surface area (Å²) in [6.07, 6.45) is 2.61. The predicted molar refractivity (Wildman–Crippen MR) is 93.2 cm³/mol. The van der Waals surface area contributed by atoms with Crippen LogP contribution in [0.1, 0.15) is 46.1 Å². The summed E-state index contributed by atoms with van der Waals surface area (Å²) in [5.74, 6) is 1.29. The van der Waals surface area contributed by atoms with Gasteiger partial charge in [-0.25, -0.2) is 0 Å². The molecule has 1 aliphatic rings. The van der Waals surface area contributed by atoms with Crippen LogP contribution in [0.25, 0.3) is 0 Å². The van der Waals surface area contributed by atoms with Crippen LogP contribution >= 0.6 is 11.6 Å². The van der Waals surface area contributed by atoms with Crippen LogP contribution in [0.15, 0.2) is 18.2 Å². The van der Waals surface area contributed by atoms with Gasteiger partial charge in [0.15, 0.2) is 0 Å². The fourth-order valence-electron chi connectivity index (χ4n) is 2.71. The molecule has 0 heterocycles. The molecule has 0 atom stereocenters. The van der Waals surface area contributed by atoms with E-state index < -0.39 is 0 Å². The van der Waals surface area contributed by atoms with Gasteiger partial charge < -0.3 is 10.2 Å². The molecule has 21 heavy (non-hydrogen) atoms. The van der Waals surface area contributed by atoms with Gasteiger partial charge in [-0.15, -0.1) is 0 Å². The molecule has 0 aromatic heterocycles. The van der Waals surface area contributed by atoms with Gasteiger partial charge in [-0.3, -0.25) is 0 Å². The summed E-state index contributed by atoms with van der Waals surface area (Å²) < 4.78 is 0. The van der Waals surface area contributed by atoms with E-state index in [1.807, 2.05) is 6.07 Å². The maximum absolute atomic E-state index is 6.48. The van der Waals surface area contributed by atoms with Crippen molar-refractivity contribution in [2.24, 2.45) is 11.8 Å². The second kappa shape index (κ2) is 7.51. The molecule has 0 bridgehead atoms. The molecule has 118 valence electrons. The number of benzene rings is 1. The Kier molecular flexibility index (Phi) is 5.95. The number of hydrogen-bond donors (Lipinski definition) is 1. The smallest absolute Gasteiger partial charge is 0.0471 e. The van der Waals surface area contributed by atoms with Crippen molar-refractivity contribution in [3.63, 3.8) is 0 Å². The van der Waals surface area contributed by atoms with Gasteiger partial charge in [0.05, 0.1) is 0 Å². The molecular weight excluding hydrogens is 280 g/mol. The zero-order chi connectivity index (χ0) is 15.4. The first kappa shape index (κ1) is 16.6. The van der Waals surface area contributed by atoms with Crippen molar-refractivity contribution in [3.8, 4) is 0 Å². The van der Waals surface area contributed by atoms with Gasteiger partial charge in [0.2, 0.25) is 0 Å². The van der Waals surface area contributed by atoms with Crippen LogP contribution in [0, 0.1) is 11.8 Å². The van der Waals surface area contributed by atoms with Crippen LogP contribution in [0.5, 0.6) is 0 Å². The van der Waals surface area contributed by atoms with Gasteiger partial charge in [0.1, 0.15) is 0 Å². The van der Waals surface area contributed by atoms with E-state index in [-0.39, 0.29) is 0 Å². The van der Waals surface area contributed by atoms with Crippen molar-refractivity contribution in [1.29, 1.82) is 0 Å². The van der Waals surface area contributed by atoms with Crippen LogP contribution in [0.3, 0.4) is 0 Å². The summed E-state index contributed by atoms with van der Waals surface area (Å²) in [5.41, 5.74) is 2.56. The Morgan fingerprint density at radius 3 is 2.29 bits per heavy atom. The number of hydrogen-bond acceptors (Lipinski definition) is 2. The maximum atomic E-state index is 6.48. The Morgan fingerprint density at radius 1 is 1.14 bits per heavy atom. The zero-order valence-corrected chi connectivity index (χ0v) is 14.6. The number of halogens is 1. The first-order valence-electron chi connectivity index (χ1n) is 8.23. The highest BCUT2D eigenvalue weighted by molar-refractivity contribution is 6.31. The highest BCUT2D eigenvalue weighted by Crippen LogP contribution is 2.30. The number of nitrogens with one attached hydrogen (secondary N) is 1. The van der Waals surface area contributed by atoms with E-state index in [9.17, 15) is 0 Å². The largest absolute Gasteiger partial charge is 0.371 e. The Hall–Kier alpha value is -0.730. The third kappa shape index (κ3) is 5.19. The molecule has 0 amide bonds. The molecule has 0 radical (unpaired) electrons. The molecule has 0 spiro atoms. The van der Waals surface area contributed by atoms with Gasteiger partial charge >= 0.3 is 0 Å². The van der Waals surface area contributed by atoms with E-state index in [2.05, 4.69) is 50.0 Å². The second-order valence-electron chi connectivity index (χ2n) is 7.09. The standard InChI is InChI=1S/C18H29ClN2/c1-13(2)11-21(12-14(3)4)18-7-5-6-17(19)16(18)10-20-15-8-9-15/h5-7,13-15,20H,8-12H2,1-4H3. The molecular formula is C18H29ClN2. The lowest BCUT2D eigenvalue weighted by Crippen LogP contribution is -2.32. The summed E-state index contributed by atoms with van der Waals surface area (Å²) in [6.45, 7) is 12.1. The summed E-state index contributed by atoms with van der Waals surface area (Å²) in [7, 11) is 0. The van der Waals surface area contributed by atoms with Crippen molar-refractivity contribution in [1.82, 2.24) is 5.32 Å². The third-order valence-corrected chi connectivity index (χ3v) is 4.10. The normalized spacial score (nSPS) is 15.0. The molecule has 1 saturated carbocycles. The summed E-state index contributed by atoms with van der Waals surface area (Å²) in [5, 5.41) is 4.49. The van der Waals surface area contributed by atoms with Crippen LogP contribution in [-0.4, -0.2) is 19.1 Å². The van der Waals surface area contributed by atoms with E-state index in [0.717, 1.165) is 24.7 Å². The molecule has 3 heteroatoms. The molecule has 1 aliphatic carbocycles. The average molecular weight is 309 g/mol.